The van der Waals surface area contributed by atoms with Crippen molar-refractivity contribution in [3.8, 4) is 0 Å². The van der Waals surface area contributed by atoms with Crippen LogP contribution < -0.4 is 0 Å². The van der Waals surface area contributed by atoms with Crippen LogP contribution in [-0.2, 0) is 14.1 Å². The van der Waals surface area contributed by atoms with Crippen molar-refractivity contribution in [3.63, 3.8) is 0 Å². The lowest BCUT2D eigenvalue weighted by atomic mass is 10.1. The van der Waals surface area contributed by atoms with Crippen molar-refractivity contribution in [1.82, 2.24) is 0 Å². The molecule has 0 fully saturated rings. The molecule has 0 aliphatic rings. The number of unbranched alkanes of at least 4 members (excludes halogenated alkanes) is 11. The van der Waals surface area contributed by atoms with E-state index < -0.39 is 19.9 Å². The van der Waals surface area contributed by atoms with Gasteiger partial charge in [0.1, 0.15) is 6.61 Å². The molecule has 0 aliphatic carbocycles. The molecule has 0 saturated heterocycles. The highest BCUT2D eigenvalue weighted by atomic mass is 31.2. The van der Waals surface area contributed by atoms with E-state index in [-0.39, 0.29) is 19.0 Å². The molecule has 0 spiro atoms. The molecule has 1 atom stereocenters. The van der Waals surface area contributed by atoms with Gasteiger partial charge in [-0.3, -0.25) is 9.36 Å². The smallest absolute Gasteiger partial charge is 0.325 e. The molecule has 0 heterocycles. The summed E-state index contributed by atoms with van der Waals surface area (Å²) in [5.41, 5.74) is 0. The third-order valence-electron chi connectivity index (χ3n) is 4.83. The Hall–Kier alpha value is -0.680. The molecule has 0 rings (SSSR count). The summed E-state index contributed by atoms with van der Waals surface area (Å²) in [5.74, 6) is -0.363. The molecule has 0 aromatic carbocycles. The Morgan fingerprint density at radius 2 is 1.41 bits per heavy atom. The predicted molar refractivity (Wildman–Crippen MR) is 118 cm³/mol. The van der Waals surface area contributed by atoms with Crippen molar-refractivity contribution < 1.29 is 29.0 Å². The van der Waals surface area contributed by atoms with Crippen molar-refractivity contribution in [1.29, 1.82) is 0 Å². The highest BCUT2D eigenvalue weighted by Gasteiger charge is 2.17. The number of carbonyl (C=O) groups excluding carboxylic acids is 1. The molecule has 0 amide bonds. The second kappa shape index (κ2) is 19.3. The van der Waals surface area contributed by atoms with Crippen molar-refractivity contribution in [2.75, 3.05) is 12.8 Å². The quantitative estimate of drug-likeness (QED) is 0.101. The fourth-order valence-corrected chi connectivity index (χ4v) is 3.64. The van der Waals surface area contributed by atoms with Gasteiger partial charge < -0.3 is 19.6 Å². The van der Waals surface area contributed by atoms with Crippen molar-refractivity contribution in [2.24, 2.45) is 0 Å². The third-order valence-corrected chi connectivity index (χ3v) is 5.67. The van der Waals surface area contributed by atoms with Crippen LogP contribution in [0.5, 0.6) is 0 Å². The molecule has 7 heteroatoms. The van der Waals surface area contributed by atoms with Gasteiger partial charge in [-0.25, -0.2) is 0 Å². The summed E-state index contributed by atoms with van der Waals surface area (Å²) in [6, 6.07) is 0. The Morgan fingerprint density at radius 3 is 1.97 bits per heavy atom. The molecular weight excluding hydrogens is 391 g/mol. The average molecular weight is 435 g/mol. The van der Waals surface area contributed by atoms with Crippen LogP contribution in [0.4, 0.5) is 0 Å². The van der Waals surface area contributed by atoms with Crippen LogP contribution in [0.3, 0.4) is 0 Å². The topological polar surface area (TPSA) is 104 Å². The van der Waals surface area contributed by atoms with Crippen LogP contribution in [0.1, 0.15) is 103 Å². The summed E-state index contributed by atoms with van der Waals surface area (Å²) in [6.07, 6.45) is 19.0. The van der Waals surface area contributed by atoms with Gasteiger partial charge in [0.15, 0.2) is 0 Å². The molecule has 0 radical (unpaired) electrons. The van der Waals surface area contributed by atoms with Gasteiger partial charge in [0.25, 0.3) is 0 Å². The van der Waals surface area contributed by atoms with E-state index in [1.54, 1.807) is 0 Å². The predicted octanol–water partition coefficient (Wildman–Crippen LogP) is 5.50. The lowest BCUT2D eigenvalue weighted by molar-refractivity contribution is -0.146. The van der Waals surface area contributed by atoms with Crippen LogP contribution in [0.15, 0.2) is 12.2 Å². The number of ether oxygens (including phenoxy) is 1. The number of esters is 1. The van der Waals surface area contributed by atoms with E-state index >= 15 is 0 Å². The Balaban J connectivity index is 3.38. The maximum atomic E-state index is 11.6. The van der Waals surface area contributed by atoms with Gasteiger partial charge in [0, 0.05) is 6.42 Å². The third kappa shape index (κ3) is 23.5. The van der Waals surface area contributed by atoms with Crippen LogP contribution >= 0.6 is 7.60 Å². The monoisotopic (exact) mass is 434 g/mol. The first-order chi connectivity index (χ1) is 13.8. The van der Waals surface area contributed by atoms with E-state index in [9.17, 15) is 14.5 Å². The fraction of sp³-hybridized carbons (Fsp3) is 0.864. The zero-order valence-electron chi connectivity index (χ0n) is 18.3. The first-order valence-corrected chi connectivity index (χ1v) is 13.2. The standard InChI is InChI=1S/C22H43O6P/c1-2-3-4-5-6-7-8-9-10-11-12-13-14-15-16-17-22(24)28-20-21(23)18-19-29(25,26)27/h9-10,21,23H,2-8,11-20H2,1H3,(H2,25,26,27)/b10-9-. The molecule has 6 nitrogen and oxygen atoms in total. The van der Waals surface area contributed by atoms with E-state index in [1.165, 1.54) is 51.4 Å². The maximum absolute atomic E-state index is 11.6. The highest BCUT2D eigenvalue weighted by Crippen LogP contribution is 2.35. The van der Waals surface area contributed by atoms with Gasteiger partial charge in [0.2, 0.25) is 0 Å². The molecular formula is C22H43O6P. The van der Waals surface area contributed by atoms with Crippen molar-refractivity contribution in [2.45, 2.75) is 109 Å². The van der Waals surface area contributed by atoms with Crippen LogP contribution in [0, 0.1) is 0 Å². The van der Waals surface area contributed by atoms with Gasteiger partial charge in [-0.05, 0) is 38.5 Å². The van der Waals surface area contributed by atoms with E-state index in [1.807, 2.05) is 0 Å². The summed E-state index contributed by atoms with van der Waals surface area (Å²) < 4.78 is 15.7. The molecule has 172 valence electrons. The zero-order chi connectivity index (χ0) is 21.8. The summed E-state index contributed by atoms with van der Waals surface area (Å²) in [6.45, 7) is 2.04. The molecule has 0 aromatic heterocycles. The van der Waals surface area contributed by atoms with Crippen LogP contribution in [0.2, 0.25) is 0 Å². The van der Waals surface area contributed by atoms with Crippen LogP contribution in [0.25, 0.3) is 0 Å². The number of hydrogen-bond acceptors (Lipinski definition) is 4. The van der Waals surface area contributed by atoms with Gasteiger partial charge in [-0.15, -0.1) is 0 Å². The number of rotatable bonds is 20. The lowest BCUT2D eigenvalue weighted by Gasteiger charge is -2.11. The molecule has 1 unspecified atom stereocenters. The lowest BCUT2D eigenvalue weighted by Crippen LogP contribution is -2.19. The van der Waals surface area contributed by atoms with E-state index in [4.69, 9.17) is 14.5 Å². The number of hydrogen-bond donors (Lipinski definition) is 3. The molecule has 29 heavy (non-hydrogen) atoms. The molecule has 0 bridgehead atoms. The first-order valence-electron chi connectivity index (χ1n) is 11.4. The van der Waals surface area contributed by atoms with Gasteiger partial charge >= 0.3 is 13.6 Å². The van der Waals surface area contributed by atoms with E-state index in [0.717, 1.165) is 32.1 Å². The SMILES string of the molecule is CCCCCCCC/C=C\CCCCCCCC(=O)OCC(O)CCP(=O)(O)O. The van der Waals surface area contributed by atoms with Gasteiger partial charge in [-0.2, -0.15) is 0 Å². The van der Waals surface area contributed by atoms with Gasteiger partial charge in [0.05, 0.1) is 12.3 Å². The minimum absolute atomic E-state index is 0.0784. The molecule has 3 N–H and O–H groups in total. The molecule has 0 aromatic rings. The number of aliphatic hydroxyl groups excluding tert-OH is 1. The van der Waals surface area contributed by atoms with E-state index in [2.05, 4.69) is 19.1 Å². The summed E-state index contributed by atoms with van der Waals surface area (Å²) in [4.78, 5) is 29.1. The Kier molecular flexibility index (Phi) is 18.8. The highest BCUT2D eigenvalue weighted by molar-refractivity contribution is 7.51. The molecule has 0 saturated carbocycles. The zero-order valence-corrected chi connectivity index (χ0v) is 19.2. The van der Waals surface area contributed by atoms with Gasteiger partial charge in [-0.1, -0.05) is 70.4 Å². The second-order valence-corrected chi connectivity index (χ2v) is 9.62. The minimum atomic E-state index is -4.12. The fourth-order valence-electron chi connectivity index (χ4n) is 3.00. The van der Waals surface area contributed by atoms with Crippen LogP contribution in [-0.4, -0.2) is 39.7 Å². The largest absolute Gasteiger partial charge is 0.463 e. The summed E-state index contributed by atoms with van der Waals surface area (Å²) in [5, 5.41) is 9.54. The van der Waals surface area contributed by atoms with E-state index in [0.29, 0.717) is 6.42 Å². The van der Waals surface area contributed by atoms with Crippen molar-refractivity contribution in [3.05, 3.63) is 12.2 Å². The first kappa shape index (κ1) is 28.3. The summed E-state index contributed by atoms with van der Waals surface area (Å²) in [7, 11) is -4.12. The number of carbonyl (C=O) groups is 1. The Morgan fingerprint density at radius 1 is 0.897 bits per heavy atom. The Labute approximate surface area is 177 Å². The number of aliphatic hydroxyl groups is 1. The minimum Gasteiger partial charge on any atom is -0.463 e. The summed E-state index contributed by atoms with van der Waals surface area (Å²) >= 11 is 0. The molecule has 0 aliphatic heterocycles. The number of allylic oxidation sites excluding steroid dienone is 2. The maximum Gasteiger partial charge on any atom is 0.325 e. The second-order valence-electron chi connectivity index (χ2n) is 7.85. The Bertz CT molecular complexity index is 460. The average Bonchev–Trinajstić information content (AvgIpc) is 2.67. The normalized spacial score (nSPS) is 13.1. The van der Waals surface area contributed by atoms with Crippen molar-refractivity contribution >= 4 is 13.6 Å².